The first-order chi connectivity index (χ1) is 9.40. The molecule has 0 aliphatic carbocycles. The zero-order valence-electron chi connectivity index (χ0n) is 10.4. The molecule has 0 radical (unpaired) electrons. The van der Waals surface area contributed by atoms with Gasteiger partial charge in [-0.2, -0.15) is 0 Å². The van der Waals surface area contributed by atoms with Crippen LogP contribution in [-0.2, 0) is 4.79 Å². The molecule has 108 valence electrons. The van der Waals surface area contributed by atoms with Crippen LogP contribution < -0.4 is 0 Å². The number of benzene rings is 1. The lowest BCUT2D eigenvalue weighted by Crippen LogP contribution is -2.37. The van der Waals surface area contributed by atoms with Crippen LogP contribution in [0.3, 0.4) is 0 Å². The summed E-state index contributed by atoms with van der Waals surface area (Å²) in [6.45, 7) is 0.566. The monoisotopic (exact) mass is 427 g/mol. The van der Waals surface area contributed by atoms with Gasteiger partial charge >= 0.3 is 5.97 Å². The molecule has 1 N–H and O–H groups in total. The Morgan fingerprint density at radius 1 is 1.40 bits per heavy atom. The number of carboxylic acid groups (broad SMARTS) is 1. The summed E-state index contributed by atoms with van der Waals surface area (Å²) < 4.78 is 0.639. The molecule has 1 fully saturated rings. The van der Waals surface area contributed by atoms with Gasteiger partial charge in [0.05, 0.1) is 17.0 Å². The van der Waals surface area contributed by atoms with E-state index in [1.165, 1.54) is 0 Å². The van der Waals surface area contributed by atoms with Gasteiger partial charge in [0.15, 0.2) is 0 Å². The van der Waals surface area contributed by atoms with Gasteiger partial charge in [-0.05, 0) is 47.6 Å². The van der Waals surface area contributed by atoms with Crippen molar-refractivity contribution in [3.63, 3.8) is 0 Å². The Kier molecular flexibility index (Phi) is 5.14. The molecular formula is C13H12Cl2INO3. The number of hydrogen-bond donors (Lipinski definition) is 1. The smallest absolute Gasteiger partial charge is 0.305 e. The van der Waals surface area contributed by atoms with Gasteiger partial charge in [-0.25, -0.2) is 0 Å². The maximum atomic E-state index is 12.6. The van der Waals surface area contributed by atoms with Crippen LogP contribution >= 0.6 is 45.8 Å². The molecule has 1 heterocycles. The van der Waals surface area contributed by atoms with E-state index in [0.717, 1.165) is 6.42 Å². The van der Waals surface area contributed by atoms with Crippen molar-refractivity contribution in [2.45, 2.75) is 25.3 Å². The molecule has 1 aromatic carbocycles. The minimum Gasteiger partial charge on any atom is -0.481 e. The van der Waals surface area contributed by atoms with Crippen LogP contribution in [-0.4, -0.2) is 34.5 Å². The maximum absolute atomic E-state index is 12.6. The topological polar surface area (TPSA) is 57.6 Å². The quantitative estimate of drug-likeness (QED) is 0.591. The van der Waals surface area contributed by atoms with Crippen molar-refractivity contribution < 1.29 is 14.7 Å². The van der Waals surface area contributed by atoms with Crippen molar-refractivity contribution >= 4 is 57.7 Å². The molecule has 0 aromatic heterocycles. The zero-order valence-corrected chi connectivity index (χ0v) is 14.1. The second kappa shape index (κ2) is 6.49. The molecule has 2 rings (SSSR count). The number of halogens is 3. The van der Waals surface area contributed by atoms with Crippen LogP contribution in [0.25, 0.3) is 0 Å². The summed E-state index contributed by atoms with van der Waals surface area (Å²) in [5, 5.41) is 9.73. The van der Waals surface area contributed by atoms with Crippen molar-refractivity contribution in [2.24, 2.45) is 0 Å². The van der Waals surface area contributed by atoms with Gasteiger partial charge in [0.2, 0.25) is 0 Å². The molecular weight excluding hydrogens is 416 g/mol. The summed E-state index contributed by atoms with van der Waals surface area (Å²) in [6.07, 6.45) is 1.49. The Labute approximate surface area is 140 Å². The predicted octanol–water partition coefficient (Wildman–Crippen LogP) is 3.68. The minimum absolute atomic E-state index is 0.0311. The van der Waals surface area contributed by atoms with Crippen LogP contribution in [0, 0.1) is 3.57 Å². The second-order valence-electron chi connectivity index (χ2n) is 4.64. The molecule has 1 unspecified atom stereocenters. The largest absolute Gasteiger partial charge is 0.481 e. The second-order valence-corrected chi connectivity index (χ2v) is 6.56. The molecule has 0 bridgehead atoms. The summed E-state index contributed by atoms with van der Waals surface area (Å²) >= 11 is 14.0. The normalized spacial score (nSPS) is 18.4. The number of likely N-dealkylation sites (tertiary alicyclic amines) is 1. The van der Waals surface area contributed by atoms with E-state index in [4.69, 9.17) is 28.3 Å². The summed E-state index contributed by atoms with van der Waals surface area (Å²) in [7, 11) is 0. The van der Waals surface area contributed by atoms with Crippen LogP contribution in [0.5, 0.6) is 0 Å². The molecule has 1 aliphatic rings. The standard InChI is InChI=1S/C13H12Cl2INO3/c14-7-4-9(12(16)10(15)5-7)13(20)17-3-1-2-8(17)6-11(18)19/h4-5,8H,1-3,6H2,(H,18,19). The van der Waals surface area contributed by atoms with Gasteiger partial charge in [-0.3, -0.25) is 9.59 Å². The molecule has 0 saturated carbocycles. The fourth-order valence-corrected chi connectivity index (χ4v) is 3.42. The average molecular weight is 428 g/mol. The minimum atomic E-state index is -0.895. The molecule has 1 aromatic rings. The maximum Gasteiger partial charge on any atom is 0.305 e. The van der Waals surface area contributed by atoms with E-state index in [0.29, 0.717) is 32.1 Å². The third-order valence-electron chi connectivity index (χ3n) is 3.27. The Bertz CT molecular complexity index is 565. The Morgan fingerprint density at radius 3 is 2.75 bits per heavy atom. The molecule has 1 aliphatic heterocycles. The van der Waals surface area contributed by atoms with Gasteiger partial charge in [0.25, 0.3) is 5.91 Å². The molecule has 4 nitrogen and oxygen atoms in total. The van der Waals surface area contributed by atoms with Gasteiger partial charge in [0, 0.05) is 21.2 Å². The number of amides is 1. The lowest BCUT2D eigenvalue weighted by molar-refractivity contribution is -0.137. The Balaban J connectivity index is 2.29. The number of carboxylic acids is 1. The SMILES string of the molecule is O=C(O)CC1CCCN1C(=O)c1cc(Cl)cc(Cl)c1I. The number of carbonyl (C=O) groups excluding carboxylic acids is 1. The Hall–Kier alpha value is -0.530. The lowest BCUT2D eigenvalue weighted by Gasteiger charge is -2.24. The average Bonchev–Trinajstić information content (AvgIpc) is 2.80. The number of hydrogen-bond acceptors (Lipinski definition) is 2. The summed E-state index contributed by atoms with van der Waals surface area (Å²) in [5.41, 5.74) is 0.431. The van der Waals surface area contributed by atoms with Gasteiger partial charge in [-0.1, -0.05) is 23.2 Å². The molecule has 7 heteroatoms. The highest BCUT2D eigenvalue weighted by molar-refractivity contribution is 14.1. The fourth-order valence-electron chi connectivity index (χ4n) is 2.38. The van der Waals surface area contributed by atoms with E-state index in [1.807, 2.05) is 22.6 Å². The number of aliphatic carboxylic acids is 1. The van der Waals surface area contributed by atoms with Crippen LogP contribution in [0.15, 0.2) is 12.1 Å². The van der Waals surface area contributed by atoms with Gasteiger partial charge < -0.3 is 10.0 Å². The first-order valence-corrected chi connectivity index (χ1v) is 7.91. The third kappa shape index (κ3) is 3.38. The molecule has 0 spiro atoms. The van der Waals surface area contributed by atoms with Crippen molar-refractivity contribution in [1.29, 1.82) is 0 Å². The summed E-state index contributed by atoms with van der Waals surface area (Å²) in [4.78, 5) is 25.0. The van der Waals surface area contributed by atoms with Crippen LogP contribution in [0.4, 0.5) is 0 Å². The Morgan fingerprint density at radius 2 is 2.10 bits per heavy atom. The molecule has 20 heavy (non-hydrogen) atoms. The van der Waals surface area contributed by atoms with E-state index < -0.39 is 5.97 Å². The van der Waals surface area contributed by atoms with E-state index in [-0.39, 0.29) is 18.4 Å². The highest BCUT2D eigenvalue weighted by atomic mass is 127. The van der Waals surface area contributed by atoms with Gasteiger partial charge in [-0.15, -0.1) is 0 Å². The summed E-state index contributed by atoms with van der Waals surface area (Å²) in [6, 6.07) is 2.90. The van der Waals surface area contributed by atoms with E-state index in [9.17, 15) is 9.59 Å². The van der Waals surface area contributed by atoms with Crippen molar-refractivity contribution in [3.8, 4) is 0 Å². The molecule has 1 saturated heterocycles. The first-order valence-electron chi connectivity index (χ1n) is 6.07. The van der Waals surface area contributed by atoms with E-state index in [1.54, 1.807) is 17.0 Å². The number of carbonyl (C=O) groups is 2. The van der Waals surface area contributed by atoms with Crippen LogP contribution in [0.2, 0.25) is 10.0 Å². The highest BCUT2D eigenvalue weighted by Crippen LogP contribution is 2.30. The number of nitrogens with zero attached hydrogens (tertiary/aromatic N) is 1. The van der Waals surface area contributed by atoms with Crippen molar-refractivity contribution in [3.05, 3.63) is 31.3 Å². The van der Waals surface area contributed by atoms with E-state index >= 15 is 0 Å². The highest BCUT2D eigenvalue weighted by Gasteiger charge is 2.32. The van der Waals surface area contributed by atoms with E-state index in [2.05, 4.69) is 0 Å². The number of rotatable bonds is 3. The van der Waals surface area contributed by atoms with Crippen molar-refractivity contribution in [1.82, 2.24) is 4.90 Å². The molecule has 1 atom stereocenters. The lowest BCUT2D eigenvalue weighted by atomic mass is 10.1. The molecule has 1 amide bonds. The first kappa shape index (κ1) is 15.9. The van der Waals surface area contributed by atoms with Gasteiger partial charge in [0.1, 0.15) is 0 Å². The van der Waals surface area contributed by atoms with Crippen LogP contribution in [0.1, 0.15) is 29.6 Å². The van der Waals surface area contributed by atoms with Crippen molar-refractivity contribution in [2.75, 3.05) is 6.54 Å². The zero-order chi connectivity index (χ0) is 14.9. The third-order valence-corrected chi connectivity index (χ3v) is 5.27. The summed E-state index contributed by atoms with van der Waals surface area (Å²) in [5.74, 6) is -1.10. The predicted molar refractivity (Wildman–Crippen MR) is 85.5 cm³/mol. The fraction of sp³-hybridized carbons (Fsp3) is 0.385.